The van der Waals surface area contributed by atoms with Crippen molar-refractivity contribution in [2.24, 2.45) is 11.8 Å². The number of allylic oxidation sites excluding steroid dienone is 1. The zero-order valence-corrected chi connectivity index (χ0v) is 24.0. The van der Waals surface area contributed by atoms with Crippen LogP contribution in [0.1, 0.15) is 132 Å². The van der Waals surface area contributed by atoms with Gasteiger partial charge in [0.2, 0.25) is 0 Å². The molecule has 2 fully saturated rings. The molecular weight excluding hydrogens is 493 g/mol. The van der Waals surface area contributed by atoms with Crippen LogP contribution >= 0.6 is 0 Å². The highest BCUT2D eigenvalue weighted by Gasteiger charge is 2.28. The average Bonchev–Trinajstić information content (AvgIpc) is 2.94. The number of benzene rings is 2. The Morgan fingerprint density at radius 1 is 0.744 bits per heavy atom. The molecule has 2 aliphatic rings. The predicted molar refractivity (Wildman–Crippen MR) is 156 cm³/mol. The molecule has 214 valence electrons. The third-order valence-electron chi connectivity index (χ3n) is 9.10. The van der Waals surface area contributed by atoms with Gasteiger partial charge in [0.05, 0.1) is 6.61 Å². The first kappa shape index (κ1) is 29.7. The molecule has 2 aliphatic carbocycles. The summed E-state index contributed by atoms with van der Waals surface area (Å²) in [6, 6.07) is 8.79. The van der Waals surface area contributed by atoms with Crippen molar-refractivity contribution in [2.45, 2.75) is 116 Å². The maximum Gasteiger partial charge on any atom is 0.162 e. The second-order valence-corrected chi connectivity index (χ2v) is 12.1. The number of ether oxygens (including phenoxy) is 1. The van der Waals surface area contributed by atoms with Crippen molar-refractivity contribution in [1.29, 1.82) is 0 Å². The van der Waals surface area contributed by atoms with E-state index in [9.17, 15) is 4.39 Å². The Kier molecular flexibility index (Phi) is 11.4. The number of unbranched alkanes of at least 4 members (excludes halogenated alkanes) is 5. The van der Waals surface area contributed by atoms with Gasteiger partial charge in [0.25, 0.3) is 0 Å². The Bertz CT molecular complexity index is 1060. The summed E-state index contributed by atoms with van der Waals surface area (Å²) in [5, 5.41) is 0. The van der Waals surface area contributed by atoms with E-state index in [1.807, 2.05) is 24.3 Å². The van der Waals surface area contributed by atoms with Gasteiger partial charge in [0, 0.05) is 11.6 Å². The molecule has 0 saturated heterocycles. The first-order chi connectivity index (χ1) is 19.0. The van der Waals surface area contributed by atoms with Gasteiger partial charge in [-0.25, -0.2) is 13.2 Å². The average molecular weight is 541 g/mol. The van der Waals surface area contributed by atoms with Crippen LogP contribution in [0.25, 0.3) is 6.08 Å². The van der Waals surface area contributed by atoms with Crippen molar-refractivity contribution in [3.8, 4) is 5.75 Å². The summed E-state index contributed by atoms with van der Waals surface area (Å²) in [5.41, 5.74) is 1.66. The highest BCUT2D eigenvalue weighted by molar-refractivity contribution is 5.52. The van der Waals surface area contributed by atoms with Gasteiger partial charge >= 0.3 is 0 Å². The minimum absolute atomic E-state index is 0.0457. The first-order valence-corrected chi connectivity index (χ1v) is 15.5. The van der Waals surface area contributed by atoms with E-state index < -0.39 is 11.6 Å². The van der Waals surface area contributed by atoms with Crippen molar-refractivity contribution < 1.29 is 17.9 Å². The smallest absolute Gasteiger partial charge is 0.162 e. The van der Waals surface area contributed by atoms with Crippen LogP contribution in [-0.4, -0.2) is 6.61 Å². The molecule has 4 heteroatoms. The second kappa shape index (κ2) is 15.0. The molecule has 1 nitrogen and oxygen atoms in total. The molecule has 4 rings (SSSR count). The molecule has 0 unspecified atom stereocenters. The third kappa shape index (κ3) is 8.38. The van der Waals surface area contributed by atoms with Crippen LogP contribution in [0.15, 0.2) is 36.4 Å². The van der Waals surface area contributed by atoms with Gasteiger partial charge in [-0.3, -0.25) is 0 Å². The minimum Gasteiger partial charge on any atom is -0.493 e. The topological polar surface area (TPSA) is 9.23 Å². The lowest BCUT2D eigenvalue weighted by molar-refractivity contribution is 0.303. The van der Waals surface area contributed by atoms with Gasteiger partial charge in [0.1, 0.15) is 11.6 Å². The quantitative estimate of drug-likeness (QED) is 0.243. The molecule has 0 bridgehead atoms. The van der Waals surface area contributed by atoms with Gasteiger partial charge in [-0.1, -0.05) is 83.1 Å². The molecule has 0 aromatic heterocycles. The molecule has 39 heavy (non-hydrogen) atoms. The Balaban J connectivity index is 1.25. The highest BCUT2D eigenvalue weighted by Crippen LogP contribution is 2.41. The SMILES string of the molecule is CCCCCCCCOc1ccc(/C=C/C2CCC(c3ccc(C4CCC(C)CC4)c(F)c3F)CC2)c(F)c1. The standard InChI is InChI=1S/C35H47F3O/c1-3-4-5-6-7-8-23-39-30-20-19-29(33(36)24-30)18-13-26-11-16-28(17-12-26)32-22-21-31(34(37)35(32)38)27-14-9-25(2)10-15-27/h13,18-22,24-28H,3-12,14-17,23H2,1-2H3/b18-13+. The van der Waals surface area contributed by atoms with Crippen molar-refractivity contribution in [3.63, 3.8) is 0 Å². The molecule has 0 atom stereocenters. The van der Waals surface area contributed by atoms with Crippen molar-refractivity contribution >= 4 is 6.08 Å². The lowest BCUT2D eigenvalue weighted by atomic mass is 9.76. The second-order valence-electron chi connectivity index (χ2n) is 12.1. The van der Waals surface area contributed by atoms with Crippen molar-refractivity contribution in [3.05, 3.63) is 70.5 Å². The fourth-order valence-electron chi connectivity index (χ4n) is 6.45. The van der Waals surface area contributed by atoms with Crippen LogP contribution in [0.4, 0.5) is 13.2 Å². The zero-order chi connectivity index (χ0) is 27.6. The van der Waals surface area contributed by atoms with Gasteiger partial charge in [0.15, 0.2) is 11.6 Å². The van der Waals surface area contributed by atoms with Gasteiger partial charge < -0.3 is 4.74 Å². The van der Waals surface area contributed by atoms with E-state index in [1.165, 1.54) is 31.7 Å². The Morgan fingerprint density at radius 2 is 1.33 bits per heavy atom. The van der Waals surface area contributed by atoms with Crippen LogP contribution in [0.5, 0.6) is 5.75 Å². The minimum atomic E-state index is -0.633. The molecule has 0 heterocycles. The zero-order valence-electron chi connectivity index (χ0n) is 24.0. The van der Waals surface area contributed by atoms with Crippen LogP contribution in [-0.2, 0) is 0 Å². The first-order valence-electron chi connectivity index (χ1n) is 15.5. The summed E-state index contributed by atoms with van der Waals surface area (Å²) >= 11 is 0. The van der Waals surface area contributed by atoms with Crippen LogP contribution in [0.3, 0.4) is 0 Å². The van der Waals surface area contributed by atoms with E-state index >= 15 is 8.78 Å². The monoisotopic (exact) mass is 540 g/mol. The molecule has 0 N–H and O–H groups in total. The summed E-state index contributed by atoms with van der Waals surface area (Å²) in [5.74, 6) is 0.247. The lowest BCUT2D eigenvalue weighted by Crippen LogP contribution is -2.16. The van der Waals surface area contributed by atoms with Crippen LogP contribution in [0, 0.1) is 29.3 Å². The fraction of sp³-hybridized carbons (Fsp3) is 0.600. The highest BCUT2D eigenvalue weighted by atomic mass is 19.2. The molecule has 2 saturated carbocycles. The van der Waals surface area contributed by atoms with Gasteiger partial charge in [-0.05, 0) is 91.9 Å². The van der Waals surface area contributed by atoms with E-state index in [0.717, 1.165) is 64.2 Å². The van der Waals surface area contributed by atoms with E-state index in [0.29, 0.717) is 40.9 Å². The summed E-state index contributed by atoms with van der Waals surface area (Å²) in [4.78, 5) is 0. The fourth-order valence-corrected chi connectivity index (χ4v) is 6.45. The van der Waals surface area contributed by atoms with Gasteiger partial charge in [-0.2, -0.15) is 0 Å². The van der Waals surface area contributed by atoms with Crippen molar-refractivity contribution in [1.82, 2.24) is 0 Å². The number of rotatable bonds is 12. The van der Waals surface area contributed by atoms with E-state index in [2.05, 4.69) is 19.9 Å². The van der Waals surface area contributed by atoms with E-state index in [4.69, 9.17) is 4.74 Å². The van der Waals surface area contributed by atoms with Crippen LogP contribution in [0.2, 0.25) is 0 Å². The summed E-state index contributed by atoms with van der Waals surface area (Å²) < 4.78 is 50.6. The molecule has 2 aromatic carbocycles. The maximum absolute atomic E-state index is 15.1. The summed E-state index contributed by atoms with van der Waals surface area (Å²) in [7, 11) is 0. The Labute approximate surface area is 234 Å². The normalized spacial score (nSPS) is 23.8. The van der Waals surface area contributed by atoms with Gasteiger partial charge in [-0.15, -0.1) is 0 Å². The third-order valence-corrected chi connectivity index (χ3v) is 9.10. The molecular formula is C35H47F3O. The Hall–Kier alpha value is -2.23. The number of hydrogen-bond donors (Lipinski definition) is 0. The van der Waals surface area contributed by atoms with E-state index in [1.54, 1.807) is 6.07 Å². The maximum atomic E-state index is 15.1. The van der Waals surface area contributed by atoms with Crippen LogP contribution < -0.4 is 4.74 Å². The number of halogens is 3. The summed E-state index contributed by atoms with van der Waals surface area (Å²) in [6.07, 6.45) is 18.6. The molecule has 0 aliphatic heterocycles. The van der Waals surface area contributed by atoms with E-state index in [-0.39, 0.29) is 17.7 Å². The Morgan fingerprint density at radius 3 is 1.95 bits per heavy atom. The predicted octanol–water partition coefficient (Wildman–Crippen LogP) is 11.1. The number of hydrogen-bond acceptors (Lipinski definition) is 1. The largest absolute Gasteiger partial charge is 0.493 e. The lowest BCUT2D eigenvalue weighted by Gasteiger charge is -2.29. The molecule has 2 aromatic rings. The summed E-state index contributed by atoms with van der Waals surface area (Å²) in [6.45, 7) is 5.07. The molecule has 0 amide bonds. The molecule has 0 spiro atoms. The molecule has 0 radical (unpaired) electrons. The van der Waals surface area contributed by atoms with Crippen molar-refractivity contribution in [2.75, 3.05) is 6.61 Å².